The highest BCUT2D eigenvalue weighted by Gasteiger charge is 2.23. The van der Waals surface area contributed by atoms with Crippen molar-refractivity contribution in [1.29, 1.82) is 0 Å². The highest BCUT2D eigenvalue weighted by molar-refractivity contribution is 5.96. The number of carbonyl (C=O) groups excluding carboxylic acids is 2. The highest BCUT2D eigenvalue weighted by atomic mass is 19.1. The van der Waals surface area contributed by atoms with Crippen molar-refractivity contribution in [3.63, 3.8) is 0 Å². The monoisotopic (exact) mass is 344 g/mol. The Balaban J connectivity index is 1.49. The number of fused-ring (bicyclic) bond motifs is 1. The molecule has 1 heterocycles. The fourth-order valence-electron chi connectivity index (χ4n) is 2.98. The quantitative estimate of drug-likeness (QED) is 0.848. The first-order chi connectivity index (χ1) is 12.1. The van der Waals surface area contributed by atoms with Crippen molar-refractivity contribution >= 4 is 17.5 Å². The Bertz CT molecular complexity index is 788. The second-order valence-electron chi connectivity index (χ2n) is 5.88. The van der Waals surface area contributed by atoms with Crippen molar-refractivity contribution in [2.75, 3.05) is 18.0 Å². The second kappa shape index (κ2) is 7.42. The average molecular weight is 344 g/mol. The Kier molecular flexibility index (Phi) is 5.07. The van der Waals surface area contributed by atoms with Gasteiger partial charge in [-0.3, -0.25) is 9.59 Å². The van der Waals surface area contributed by atoms with Crippen LogP contribution in [0.4, 0.5) is 14.5 Å². The smallest absolute Gasteiger partial charge is 0.257 e. The zero-order valence-electron chi connectivity index (χ0n) is 13.6. The first-order valence-corrected chi connectivity index (χ1v) is 8.18. The van der Waals surface area contributed by atoms with Crippen molar-refractivity contribution in [2.24, 2.45) is 0 Å². The zero-order valence-corrected chi connectivity index (χ0v) is 13.6. The Morgan fingerprint density at radius 3 is 2.52 bits per heavy atom. The lowest BCUT2D eigenvalue weighted by Gasteiger charge is -2.17. The molecule has 0 bridgehead atoms. The lowest BCUT2D eigenvalue weighted by atomic mass is 10.1. The van der Waals surface area contributed by atoms with Crippen LogP contribution < -0.4 is 10.2 Å². The van der Waals surface area contributed by atoms with Crippen LogP contribution in [0.5, 0.6) is 0 Å². The summed E-state index contributed by atoms with van der Waals surface area (Å²) in [5, 5.41) is 2.46. The van der Waals surface area contributed by atoms with Gasteiger partial charge in [0.1, 0.15) is 17.2 Å². The fourth-order valence-corrected chi connectivity index (χ4v) is 2.98. The van der Waals surface area contributed by atoms with Crippen LogP contribution in [0.25, 0.3) is 0 Å². The molecule has 0 aliphatic carbocycles. The molecule has 0 atom stereocenters. The third kappa shape index (κ3) is 3.68. The fraction of sp³-hybridized carbons (Fsp3) is 0.263. The molecule has 4 nitrogen and oxygen atoms in total. The summed E-state index contributed by atoms with van der Waals surface area (Å²) in [6.45, 7) is 0.832. The number of nitrogens with one attached hydrogen (secondary N) is 1. The molecule has 0 aromatic heterocycles. The van der Waals surface area contributed by atoms with Crippen molar-refractivity contribution in [1.82, 2.24) is 5.32 Å². The van der Waals surface area contributed by atoms with Crippen LogP contribution >= 0.6 is 0 Å². The standard InChI is InChI=1S/C19H18F2N2O2/c20-14-6-3-7-15(21)18(14)19(25)22-11-4-9-17(24)23-12-10-13-5-1-2-8-16(13)23/h1-3,5-8H,4,9-12H2,(H,22,25). The largest absolute Gasteiger partial charge is 0.352 e. The van der Waals surface area contributed by atoms with Crippen LogP contribution in [-0.2, 0) is 11.2 Å². The van der Waals surface area contributed by atoms with E-state index in [0.717, 1.165) is 29.8 Å². The van der Waals surface area contributed by atoms with Crippen LogP contribution in [0, 0.1) is 11.6 Å². The molecular weight excluding hydrogens is 326 g/mol. The number of anilines is 1. The molecule has 0 spiro atoms. The number of hydrogen-bond donors (Lipinski definition) is 1. The van der Waals surface area contributed by atoms with E-state index < -0.39 is 23.1 Å². The van der Waals surface area contributed by atoms with Gasteiger partial charge in [-0.2, -0.15) is 0 Å². The number of hydrogen-bond acceptors (Lipinski definition) is 2. The number of amides is 2. The molecule has 1 aliphatic heterocycles. The molecule has 0 fully saturated rings. The van der Waals surface area contributed by atoms with Gasteiger partial charge in [0.25, 0.3) is 5.91 Å². The Morgan fingerprint density at radius 1 is 1.04 bits per heavy atom. The van der Waals surface area contributed by atoms with E-state index in [0.29, 0.717) is 13.0 Å². The number of rotatable bonds is 5. The van der Waals surface area contributed by atoms with Gasteiger partial charge in [-0.25, -0.2) is 8.78 Å². The van der Waals surface area contributed by atoms with Crippen molar-refractivity contribution < 1.29 is 18.4 Å². The summed E-state index contributed by atoms with van der Waals surface area (Å²) in [7, 11) is 0. The molecule has 2 amide bonds. The number of benzene rings is 2. The molecule has 2 aromatic rings. The van der Waals surface area contributed by atoms with Crippen LogP contribution in [0.15, 0.2) is 42.5 Å². The third-order valence-corrected chi connectivity index (χ3v) is 4.23. The third-order valence-electron chi connectivity index (χ3n) is 4.23. The molecule has 2 aromatic carbocycles. The molecule has 1 N–H and O–H groups in total. The van der Waals surface area contributed by atoms with Crippen molar-refractivity contribution in [3.8, 4) is 0 Å². The van der Waals surface area contributed by atoms with Gasteiger partial charge >= 0.3 is 0 Å². The minimum absolute atomic E-state index is 0.0173. The number of halogens is 2. The van der Waals surface area contributed by atoms with Gasteiger partial charge in [0, 0.05) is 25.2 Å². The average Bonchev–Trinajstić information content (AvgIpc) is 3.02. The zero-order chi connectivity index (χ0) is 17.8. The number of para-hydroxylation sites is 1. The molecule has 1 aliphatic rings. The van der Waals surface area contributed by atoms with Crippen molar-refractivity contribution in [3.05, 3.63) is 65.2 Å². The van der Waals surface area contributed by atoms with E-state index in [1.807, 2.05) is 24.3 Å². The van der Waals surface area contributed by atoms with Crippen LogP contribution in [-0.4, -0.2) is 24.9 Å². The first kappa shape index (κ1) is 17.1. The molecule has 3 rings (SSSR count). The Hall–Kier alpha value is -2.76. The van der Waals surface area contributed by atoms with Gasteiger partial charge in [-0.05, 0) is 36.6 Å². The molecule has 6 heteroatoms. The summed E-state index contributed by atoms with van der Waals surface area (Å²) in [5.41, 5.74) is 1.49. The minimum atomic E-state index is -0.901. The lowest BCUT2D eigenvalue weighted by Crippen LogP contribution is -2.31. The van der Waals surface area contributed by atoms with E-state index in [1.165, 1.54) is 6.07 Å². The summed E-state index contributed by atoms with van der Waals surface area (Å²) < 4.78 is 27.0. The van der Waals surface area contributed by atoms with E-state index >= 15 is 0 Å². The van der Waals surface area contributed by atoms with E-state index in [1.54, 1.807) is 4.90 Å². The van der Waals surface area contributed by atoms with Crippen LogP contribution in [0.3, 0.4) is 0 Å². The van der Waals surface area contributed by atoms with E-state index in [4.69, 9.17) is 0 Å². The normalized spacial score (nSPS) is 12.8. The highest BCUT2D eigenvalue weighted by Crippen LogP contribution is 2.27. The lowest BCUT2D eigenvalue weighted by molar-refractivity contribution is -0.118. The molecule has 0 saturated heterocycles. The van der Waals surface area contributed by atoms with Gasteiger partial charge in [0.2, 0.25) is 5.91 Å². The number of carbonyl (C=O) groups is 2. The summed E-state index contributed by atoms with van der Waals surface area (Å²) in [4.78, 5) is 25.9. The molecule has 0 saturated carbocycles. The van der Waals surface area contributed by atoms with E-state index in [2.05, 4.69) is 5.32 Å². The minimum Gasteiger partial charge on any atom is -0.352 e. The van der Waals surface area contributed by atoms with Gasteiger partial charge in [-0.1, -0.05) is 24.3 Å². The van der Waals surface area contributed by atoms with Gasteiger partial charge in [-0.15, -0.1) is 0 Å². The summed E-state index contributed by atoms with van der Waals surface area (Å²) in [6.07, 6.45) is 1.50. The molecule has 130 valence electrons. The van der Waals surface area contributed by atoms with Crippen molar-refractivity contribution in [2.45, 2.75) is 19.3 Å². The van der Waals surface area contributed by atoms with E-state index in [-0.39, 0.29) is 18.9 Å². The van der Waals surface area contributed by atoms with Crippen LogP contribution in [0.2, 0.25) is 0 Å². The van der Waals surface area contributed by atoms with Gasteiger partial charge < -0.3 is 10.2 Å². The first-order valence-electron chi connectivity index (χ1n) is 8.18. The Morgan fingerprint density at radius 2 is 1.76 bits per heavy atom. The van der Waals surface area contributed by atoms with Gasteiger partial charge in [0.15, 0.2) is 0 Å². The predicted molar refractivity (Wildman–Crippen MR) is 90.4 cm³/mol. The summed E-state index contributed by atoms with van der Waals surface area (Å²) in [5.74, 6) is -2.63. The topological polar surface area (TPSA) is 49.4 Å². The second-order valence-corrected chi connectivity index (χ2v) is 5.88. The summed E-state index contributed by atoms with van der Waals surface area (Å²) >= 11 is 0. The maximum absolute atomic E-state index is 13.5. The molecule has 0 radical (unpaired) electrons. The SMILES string of the molecule is O=C(NCCCC(=O)N1CCc2ccccc21)c1c(F)cccc1F. The molecule has 25 heavy (non-hydrogen) atoms. The molecular formula is C19H18F2N2O2. The number of nitrogens with zero attached hydrogens (tertiary/aromatic N) is 1. The van der Waals surface area contributed by atoms with Crippen LogP contribution in [0.1, 0.15) is 28.8 Å². The maximum Gasteiger partial charge on any atom is 0.257 e. The summed E-state index contributed by atoms with van der Waals surface area (Å²) in [6, 6.07) is 11.0. The maximum atomic E-state index is 13.5. The Labute approximate surface area is 144 Å². The van der Waals surface area contributed by atoms with Gasteiger partial charge in [0.05, 0.1) is 0 Å². The molecule has 0 unspecified atom stereocenters. The van der Waals surface area contributed by atoms with E-state index in [9.17, 15) is 18.4 Å². The predicted octanol–water partition coefficient (Wildman–Crippen LogP) is 3.06.